The van der Waals surface area contributed by atoms with Crippen molar-refractivity contribution in [3.8, 4) is 17.3 Å². The van der Waals surface area contributed by atoms with E-state index >= 15 is 0 Å². The minimum absolute atomic E-state index is 0.304. The number of aryl methyl sites for hydroxylation is 3. The van der Waals surface area contributed by atoms with Crippen LogP contribution in [0.2, 0.25) is 0 Å². The maximum absolute atomic E-state index is 14.2. The molecule has 0 saturated heterocycles. The van der Waals surface area contributed by atoms with Crippen molar-refractivity contribution in [2.75, 3.05) is 17.3 Å². The molecular weight excluding hydrogens is 545 g/mol. The zero-order valence-corrected chi connectivity index (χ0v) is 27.0. The van der Waals surface area contributed by atoms with Crippen LogP contribution in [-0.2, 0) is 17.8 Å². The molecular formula is C33H46FN7O2. The number of anilines is 2. The van der Waals surface area contributed by atoms with Crippen LogP contribution < -0.4 is 15.0 Å². The quantitative estimate of drug-likeness (QED) is 0.196. The first kappa shape index (κ1) is 33.4. The van der Waals surface area contributed by atoms with Crippen LogP contribution in [0.4, 0.5) is 15.8 Å². The number of hydrogen-bond donors (Lipinski definition) is 2. The van der Waals surface area contributed by atoms with Crippen LogP contribution in [0.3, 0.4) is 0 Å². The fourth-order valence-electron chi connectivity index (χ4n) is 5.17. The Morgan fingerprint density at radius 1 is 1.16 bits per heavy atom. The van der Waals surface area contributed by atoms with E-state index in [9.17, 15) is 9.18 Å². The number of nitrogens with one attached hydrogen (secondary N) is 2. The lowest BCUT2D eigenvalue weighted by Crippen LogP contribution is -2.27. The molecule has 2 N–H and O–H groups in total. The molecule has 0 bridgehead atoms. The Hall–Kier alpha value is -4.08. The molecule has 1 atom stereocenters. The van der Waals surface area contributed by atoms with E-state index in [1.807, 2.05) is 60.7 Å². The van der Waals surface area contributed by atoms with E-state index < -0.39 is 6.10 Å². The largest absolute Gasteiger partial charge is 0.484 e. The summed E-state index contributed by atoms with van der Waals surface area (Å²) in [5.74, 6) is 1.90. The van der Waals surface area contributed by atoms with Gasteiger partial charge in [0.2, 0.25) is 6.41 Å². The van der Waals surface area contributed by atoms with Crippen LogP contribution in [0.15, 0.2) is 34.7 Å². The topological polar surface area (TPSA) is 108 Å². The number of pyridine rings is 1. The number of H-pyrrole nitrogens is 1. The minimum Gasteiger partial charge on any atom is -0.484 e. The van der Waals surface area contributed by atoms with Crippen LogP contribution in [0.1, 0.15) is 94.9 Å². The Balaban J connectivity index is 0.00000121. The normalized spacial score (nSPS) is 16.1. The lowest BCUT2D eigenvalue weighted by Gasteiger charge is -2.29. The average Bonchev–Trinajstić information content (AvgIpc) is 3.79. The van der Waals surface area contributed by atoms with Crippen molar-refractivity contribution >= 4 is 24.0 Å². The summed E-state index contributed by atoms with van der Waals surface area (Å²) in [4.78, 5) is 27.8. The number of aromatic nitrogens is 4. The molecule has 3 aromatic rings. The van der Waals surface area contributed by atoms with Crippen molar-refractivity contribution < 1.29 is 13.9 Å². The van der Waals surface area contributed by atoms with E-state index in [2.05, 4.69) is 31.6 Å². The number of fused-ring (bicyclic) bond motifs is 1. The van der Waals surface area contributed by atoms with Crippen molar-refractivity contribution in [1.29, 1.82) is 0 Å². The number of amides is 1. The Labute approximate surface area is 255 Å². The summed E-state index contributed by atoms with van der Waals surface area (Å²) in [6, 6.07) is 5.88. The van der Waals surface area contributed by atoms with Crippen LogP contribution in [-0.4, -0.2) is 45.9 Å². The molecule has 2 aliphatic rings. The standard InChI is InChI=1S/C29H34FN7O2.2C2H6/c1-6-32-27(17(3)30)25-10-9-20-11-16(2)24(13-26(20)39-25)37(15-38)14-21-22(31-5)12-23(29-33-18(4)35-36-29)34-28(21)19-7-8-19;2*1-2/h6,11-13,15,19,25H,7-10,14H2,1-5H3,(H,31,34)(H,33,35,36);2*1-2H3/b27-17+,32-6?;;. The first-order chi connectivity index (χ1) is 20.8. The molecule has 10 heteroatoms. The van der Waals surface area contributed by atoms with Gasteiger partial charge in [0.15, 0.2) is 5.82 Å². The van der Waals surface area contributed by atoms with Crippen molar-refractivity contribution in [3.63, 3.8) is 0 Å². The molecule has 1 amide bonds. The number of benzene rings is 1. The number of aliphatic imine (C=N–C) groups is 1. The van der Waals surface area contributed by atoms with Gasteiger partial charge in [0, 0.05) is 36.5 Å². The Kier molecular flexibility index (Phi) is 12.0. The van der Waals surface area contributed by atoms with Crippen molar-refractivity contribution in [2.45, 2.75) is 99.6 Å². The van der Waals surface area contributed by atoms with Crippen molar-refractivity contribution in [1.82, 2.24) is 20.2 Å². The van der Waals surface area contributed by atoms with Crippen LogP contribution in [0.5, 0.6) is 5.75 Å². The SMILES string of the molecule is CC.CC.CC=N/C(=C(\C)F)C1CCc2cc(C)c(N(C=O)Cc3c(NC)cc(-c4n[nH]c(C)n4)nc3C3CC3)cc2O1. The van der Waals surface area contributed by atoms with Crippen LogP contribution in [0.25, 0.3) is 11.5 Å². The molecule has 3 heterocycles. The third-order valence-electron chi connectivity index (χ3n) is 7.23. The molecule has 1 fully saturated rings. The second kappa shape index (κ2) is 15.4. The number of rotatable bonds is 9. The molecule has 232 valence electrons. The predicted molar refractivity (Wildman–Crippen MR) is 173 cm³/mol. The number of halogens is 1. The highest BCUT2D eigenvalue weighted by atomic mass is 19.1. The monoisotopic (exact) mass is 591 g/mol. The predicted octanol–water partition coefficient (Wildman–Crippen LogP) is 7.60. The molecule has 1 saturated carbocycles. The summed E-state index contributed by atoms with van der Waals surface area (Å²) in [5, 5.41) is 10.5. The van der Waals surface area contributed by atoms with Crippen molar-refractivity contribution in [3.05, 3.63) is 57.9 Å². The zero-order chi connectivity index (χ0) is 31.7. The van der Waals surface area contributed by atoms with E-state index in [1.54, 1.807) is 18.0 Å². The van der Waals surface area contributed by atoms with E-state index in [0.717, 1.165) is 65.3 Å². The van der Waals surface area contributed by atoms with Gasteiger partial charge in [0.1, 0.15) is 34.9 Å². The molecule has 9 nitrogen and oxygen atoms in total. The summed E-state index contributed by atoms with van der Waals surface area (Å²) in [6.07, 6.45) is 5.42. The maximum Gasteiger partial charge on any atom is 0.214 e. The first-order valence-corrected chi connectivity index (χ1v) is 15.3. The molecule has 0 spiro atoms. The minimum atomic E-state index is -0.479. The third-order valence-corrected chi connectivity index (χ3v) is 7.23. The van der Waals surface area contributed by atoms with E-state index in [-0.39, 0.29) is 5.83 Å². The van der Waals surface area contributed by atoms with Crippen LogP contribution >= 0.6 is 0 Å². The van der Waals surface area contributed by atoms with Gasteiger partial charge in [-0.2, -0.15) is 5.10 Å². The van der Waals surface area contributed by atoms with Gasteiger partial charge in [-0.1, -0.05) is 33.8 Å². The van der Waals surface area contributed by atoms with Gasteiger partial charge < -0.3 is 15.0 Å². The zero-order valence-electron chi connectivity index (χ0n) is 27.0. The number of hydrogen-bond acceptors (Lipinski definition) is 7. The van der Waals surface area contributed by atoms with Crippen molar-refractivity contribution in [2.24, 2.45) is 4.99 Å². The van der Waals surface area contributed by atoms with Crippen LogP contribution in [0, 0.1) is 13.8 Å². The van der Waals surface area contributed by atoms with E-state index in [4.69, 9.17) is 9.72 Å². The molecule has 5 rings (SSSR count). The number of nitrogens with zero attached hydrogens (tertiary/aromatic N) is 5. The fraction of sp³-hybridized carbons (Fsp3) is 0.485. The molecule has 1 aromatic carbocycles. The number of carbonyl (C=O) groups is 1. The highest BCUT2D eigenvalue weighted by Crippen LogP contribution is 2.44. The molecule has 43 heavy (non-hydrogen) atoms. The summed E-state index contributed by atoms with van der Waals surface area (Å²) in [5.41, 5.74) is 6.55. The molecule has 1 aliphatic carbocycles. The van der Waals surface area contributed by atoms with Gasteiger partial charge in [0.05, 0.1) is 17.9 Å². The van der Waals surface area contributed by atoms with E-state index in [1.165, 1.54) is 6.92 Å². The molecule has 1 unspecified atom stereocenters. The number of ether oxygens (including phenoxy) is 1. The third kappa shape index (κ3) is 7.66. The maximum atomic E-state index is 14.2. The fourth-order valence-corrected chi connectivity index (χ4v) is 5.17. The van der Waals surface area contributed by atoms with Gasteiger partial charge in [-0.3, -0.25) is 14.9 Å². The van der Waals surface area contributed by atoms with E-state index in [0.29, 0.717) is 41.8 Å². The first-order valence-electron chi connectivity index (χ1n) is 15.3. The number of carbonyl (C=O) groups excluding carboxylic acids is 1. The van der Waals surface area contributed by atoms with Gasteiger partial charge in [-0.15, -0.1) is 0 Å². The summed E-state index contributed by atoms with van der Waals surface area (Å²) < 4.78 is 20.4. The molecule has 2 aromatic heterocycles. The average molecular weight is 592 g/mol. The highest BCUT2D eigenvalue weighted by Gasteiger charge is 2.32. The Morgan fingerprint density at radius 3 is 2.44 bits per heavy atom. The van der Waals surface area contributed by atoms with Gasteiger partial charge in [0.25, 0.3) is 0 Å². The van der Waals surface area contributed by atoms with Gasteiger partial charge in [-0.25, -0.2) is 14.4 Å². The lowest BCUT2D eigenvalue weighted by molar-refractivity contribution is -0.107. The molecule has 1 aliphatic heterocycles. The van der Waals surface area contributed by atoms with Gasteiger partial charge >= 0.3 is 0 Å². The second-order valence-corrected chi connectivity index (χ2v) is 10.1. The van der Waals surface area contributed by atoms with Gasteiger partial charge in [-0.05, 0) is 70.6 Å². The Bertz CT molecular complexity index is 1460. The smallest absolute Gasteiger partial charge is 0.214 e. The summed E-state index contributed by atoms with van der Waals surface area (Å²) >= 11 is 0. The summed E-state index contributed by atoms with van der Waals surface area (Å²) in [6.45, 7) is 15.3. The number of aromatic amines is 1. The lowest BCUT2D eigenvalue weighted by atomic mass is 9.97. The highest BCUT2D eigenvalue weighted by molar-refractivity contribution is 5.79. The Morgan fingerprint density at radius 2 is 1.88 bits per heavy atom. The molecule has 0 radical (unpaired) electrons. The number of allylic oxidation sites excluding steroid dienone is 1. The summed E-state index contributed by atoms with van der Waals surface area (Å²) in [7, 11) is 1.86. The second-order valence-electron chi connectivity index (χ2n) is 10.1.